The summed E-state index contributed by atoms with van der Waals surface area (Å²) in [7, 11) is 3.23. The first kappa shape index (κ1) is 22.8. The van der Waals surface area contributed by atoms with Gasteiger partial charge in [-0.15, -0.1) is 24.0 Å². The molecule has 2 aromatic rings. The molecule has 0 bridgehead atoms. The molecule has 7 nitrogen and oxygen atoms in total. The number of nitrogens with zero attached hydrogens (tertiary/aromatic N) is 1. The number of rotatable bonds is 7. The highest BCUT2D eigenvalue weighted by atomic mass is 127. The minimum Gasteiger partial charge on any atom is -0.497 e. The van der Waals surface area contributed by atoms with E-state index in [9.17, 15) is 8.78 Å². The SMILES string of the molecule is CN=C(NCc1cccc(OC)c1)NCc1cc2c(cc1OC(F)F)OCO2.I. The van der Waals surface area contributed by atoms with Gasteiger partial charge in [0, 0.05) is 31.8 Å². The maximum Gasteiger partial charge on any atom is 0.387 e. The van der Waals surface area contributed by atoms with Gasteiger partial charge in [0.25, 0.3) is 0 Å². The summed E-state index contributed by atoms with van der Waals surface area (Å²) >= 11 is 0. The molecule has 2 N–H and O–H groups in total. The van der Waals surface area contributed by atoms with Gasteiger partial charge in [-0.05, 0) is 23.8 Å². The molecule has 0 saturated carbocycles. The Labute approximate surface area is 184 Å². The van der Waals surface area contributed by atoms with Crippen molar-refractivity contribution >= 4 is 29.9 Å². The number of nitrogens with one attached hydrogen (secondary N) is 2. The highest BCUT2D eigenvalue weighted by Crippen LogP contribution is 2.38. The van der Waals surface area contributed by atoms with Crippen LogP contribution in [0.2, 0.25) is 0 Å². The Morgan fingerprint density at radius 3 is 2.55 bits per heavy atom. The monoisotopic (exact) mass is 521 g/mol. The minimum absolute atomic E-state index is 0. The van der Waals surface area contributed by atoms with Crippen molar-refractivity contribution in [2.45, 2.75) is 19.7 Å². The molecule has 3 rings (SSSR count). The molecule has 0 atom stereocenters. The zero-order valence-corrected chi connectivity index (χ0v) is 18.2. The third-order valence-electron chi connectivity index (χ3n) is 4.04. The fourth-order valence-corrected chi connectivity index (χ4v) is 2.68. The van der Waals surface area contributed by atoms with Gasteiger partial charge < -0.3 is 29.6 Å². The number of alkyl halides is 2. The van der Waals surface area contributed by atoms with Crippen LogP contribution in [0.4, 0.5) is 8.78 Å². The van der Waals surface area contributed by atoms with Crippen molar-refractivity contribution < 1.29 is 27.7 Å². The normalized spacial score (nSPS) is 12.4. The summed E-state index contributed by atoms with van der Waals surface area (Å²) < 4.78 is 45.8. The number of methoxy groups -OCH3 is 1. The molecule has 2 aromatic carbocycles. The lowest BCUT2D eigenvalue weighted by Crippen LogP contribution is -2.36. The van der Waals surface area contributed by atoms with E-state index in [-0.39, 0.29) is 43.1 Å². The summed E-state index contributed by atoms with van der Waals surface area (Å²) in [6.45, 7) is -2.18. The van der Waals surface area contributed by atoms with Crippen LogP contribution in [0.15, 0.2) is 41.4 Å². The summed E-state index contributed by atoms with van der Waals surface area (Å²) in [6, 6.07) is 10.6. The van der Waals surface area contributed by atoms with Crippen LogP contribution in [-0.4, -0.2) is 33.5 Å². The second-order valence-corrected chi connectivity index (χ2v) is 5.82. The third-order valence-corrected chi connectivity index (χ3v) is 4.04. The smallest absolute Gasteiger partial charge is 0.387 e. The molecule has 0 aromatic heterocycles. The quantitative estimate of drug-likeness (QED) is 0.330. The van der Waals surface area contributed by atoms with E-state index < -0.39 is 6.61 Å². The van der Waals surface area contributed by atoms with Gasteiger partial charge in [-0.25, -0.2) is 0 Å². The number of guanidine groups is 1. The van der Waals surface area contributed by atoms with E-state index in [0.717, 1.165) is 11.3 Å². The van der Waals surface area contributed by atoms with Crippen molar-refractivity contribution in [2.24, 2.45) is 4.99 Å². The largest absolute Gasteiger partial charge is 0.497 e. The van der Waals surface area contributed by atoms with Crippen LogP contribution >= 0.6 is 24.0 Å². The first-order valence-corrected chi connectivity index (χ1v) is 8.54. The molecule has 158 valence electrons. The fourth-order valence-electron chi connectivity index (χ4n) is 2.68. The summed E-state index contributed by atoms with van der Waals surface area (Å²) in [5.41, 5.74) is 1.50. The minimum atomic E-state index is -2.94. The number of hydrogen-bond donors (Lipinski definition) is 2. The van der Waals surface area contributed by atoms with Gasteiger partial charge in [0.1, 0.15) is 11.5 Å². The zero-order valence-electron chi connectivity index (χ0n) is 15.9. The molecule has 1 aliphatic heterocycles. The van der Waals surface area contributed by atoms with Crippen molar-refractivity contribution in [3.05, 3.63) is 47.5 Å². The summed E-state index contributed by atoms with van der Waals surface area (Å²) in [5, 5.41) is 6.23. The Balaban J connectivity index is 0.00000300. The molecule has 10 heteroatoms. The van der Waals surface area contributed by atoms with Gasteiger partial charge in [0.15, 0.2) is 17.5 Å². The van der Waals surface area contributed by atoms with Gasteiger partial charge in [-0.2, -0.15) is 8.78 Å². The fraction of sp³-hybridized carbons (Fsp3) is 0.316. The van der Waals surface area contributed by atoms with E-state index in [1.54, 1.807) is 20.2 Å². The second-order valence-electron chi connectivity index (χ2n) is 5.82. The van der Waals surface area contributed by atoms with E-state index >= 15 is 0 Å². The first-order valence-electron chi connectivity index (χ1n) is 8.54. The summed E-state index contributed by atoms with van der Waals surface area (Å²) in [5.74, 6) is 2.15. The molecule has 0 fully saturated rings. The van der Waals surface area contributed by atoms with E-state index in [4.69, 9.17) is 14.2 Å². The molecular weight excluding hydrogens is 499 g/mol. The number of aliphatic imine (C=N–C) groups is 1. The predicted octanol–water partition coefficient (Wildman–Crippen LogP) is 3.51. The second kappa shape index (κ2) is 10.9. The number of halogens is 3. The Hall–Kier alpha value is -2.50. The molecule has 0 radical (unpaired) electrons. The Morgan fingerprint density at radius 2 is 1.86 bits per heavy atom. The molecule has 0 amide bonds. The molecule has 0 spiro atoms. The maximum atomic E-state index is 12.7. The average Bonchev–Trinajstić information content (AvgIpc) is 3.15. The van der Waals surface area contributed by atoms with E-state index in [2.05, 4.69) is 20.4 Å². The number of hydrogen-bond acceptors (Lipinski definition) is 5. The standard InChI is InChI=1S/C19H21F2N3O4.HI/c1-22-19(23-9-12-4-3-5-14(6-12)25-2)24-10-13-7-16-17(27-11-26-16)8-15(13)28-18(20)21;/h3-8,18H,9-11H2,1-2H3,(H2,22,23,24);1H. The highest BCUT2D eigenvalue weighted by molar-refractivity contribution is 14.0. The van der Waals surface area contributed by atoms with E-state index in [0.29, 0.717) is 29.6 Å². The lowest BCUT2D eigenvalue weighted by molar-refractivity contribution is -0.0505. The third kappa shape index (κ3) is 6.24. The molecule has 0 saturated heterocycles. The van der Waals surface area contributed by atoms with Crippen molar-refractivity contribution in [2.75, 3.05) is 21.0 Å². The van der Waals surface area contributed by atoms with Gasteiger partial charge in [0.05, 0.1) is 7.11 Å². The van der Waals surface area contributed by atoms with Crippen LogP contribution in [0, 0.1) is 0 Å². The number of benzene rings is 2. The van der Waals surface area contributed by atoms with Gasteiger partial charge in [0.2, 0.25) is 6.79 Å². The van der Waals surface area contributed by atoms with Gasteiger partial charge in [-0.3, -0.25) is 4.99 Å². The number of ether oxygens (including phenoxy) is 4. The maximum absolute atomic E-state index is 12.7. The van der Waals surface area contributed by atoms with Crippen LogP contribution in [0.3, 0.4) is 0 Å². The number of fused-ring (bicyclic) bond motifs is 1. The van der Waals surface area contributed by atoms with Crippen molar-refractivity contribution in [3.63, 3.8) is 0 Å². The van der Waals surface area contributed by atoms with Crippen molar-refractivity contribution in [3.8, 4) is 23.0 Å². The van der Waals surface area contributed by atoms with E-state index in [1.165, 1.54) is 6.07 Å². The van der Waals surface area contributed by atoms with Crippen LogP contribution in [0.1, 0.15) is 11.1 Å². The topological polar surface area (TPSA) is 73.3 Å². The first-order chi connectivity index (χ1) is 13.6. The Morgan fingerprint density at radius 1 is 1.14 bits per heavy atom. The molecule has 1 aliphatic rings. The Bertz CT molecular complexity index is 852. The van der Waals surface area contributed by atoms with E-state index in [1.807, 2.05) is 24.3 Å². The average molecular weight is 521 g/mol. The van der Waals surface area contributed by atoms with Crippen LogP contribution in [0.5, 0.6) is 23.0 Å². The summed E-state index contributed by atoms with van der Waals surface area (Å²) in [6.07, 6.45) is 0. The zero-order chi connectivity index (χ0) is 19.9. The molecule has 0 unspecified atom stereocenters. The van der Waals surface area contributed by atoms with Crippen LogP contribution < -0.4 is 29.6 Å². The van der Waals surface area contributed by atoms with Crippen LogP contribution in [0.25, 0.3) is 0 Å². The molecule has 29 heavy (non-hydrogen) atoms. The van der Waals surface area contributed by atoms with Crippen LogP contribution in [-0.2, 0) is 13.1 Å². The lowest BCUT2D eigenvalue weighted by atomic mass is 10.1. The molecule has 0 aliphatic carbocycles. The van der Waals surface area contributed by atoms with Gasteiger partial charge in [-0.1, -0.05) is 12.1 Å². The lowest BCUT2D eigenvalue weighted by Gasteiger charge is -2.15. The Kier molecular flexibility index (Phi) is 8.55. The van der Waals surface area contributed by atoms with Gasteiger partial charge >= 0.3 is 6.61 Å². The van der Waals surface area contributed by atoms with Crippen molar-refractivity contribution in [1.82, 2.24) is 10.6 Å². The summed E-state index contributed by atoms with van der Waals surface area (Å²) in [4.78, 5) is 4.14. The highest BCUT2D eigenvalue weighted by Gasteiger charge is 2.20. The molecule has 1 heterocycles. The molecular formula is C19H22F2IN3O4. The van der Waals surface area contributed by atoms with Crippen molar-refractivity contribution in [1.29, 1.82) is 0 Å². The predicted molar refractivity (Wildman–Crippen MR) is 115 cm³/mol.